The van der Waals surface area contributed by atoms with Crippen LogP contribution in [0.5, 0.6) is 0 Å². The Morgan fingerprint density at radius 3 is 2.00 bits per heavy atom. The Morgan fingerprint density at radius 2 is 1.57 bits per heavy atom. The summed E-state index contributed by atoms with van der Waals surface area (Å²) in [6.45, 7) is 3.41. The first-order chi connectivity index (χ1) is 9.72. The molecule has 0 aromatic heterocycles. The molecule has 114 valence electrons. The number of hydrogen-bond donors (Lipinski definition) is 3. The molecule has 0 heterocycles. The van der Waals surface area contributed by atoms with Crippen molar-refractivity contribution in [3.63, 3.8) is 0 Å². The van der Waals surface area contributed by atoms with E-state index in [0.717, 1.165) is 0 Å². The Hall–Kier alpha value is -0.930. The number of carbonyl (C=O) groups is 3. The second-order valence-electron chi connectivity index (χ2n) is 3.91. The smallest absolute Gasteiger partial charge is 0.338 e. The van der Waals surface area contributed by atoms with Crippen molar-refractivity contribution >= 4 is 71.3 Å². The van der Waals surface area contributed by atoms with Gasteiger partial charge in [0.25, 0.3) is 5.91 Å². The van der Waals surface area contributed by atoms with E-state index in [1.807, 2.05) is 0 Å². The molecule has 9 heteroatoms. The van der Waals surface area contributed by atoms with Gasteiger partial charge in [-0.1, -0.05) is 0 Å². The Morgan fingerprint density at radius 1 is 1.05 bits per heavy atom. The molecule has 0 spiro atoms. The summed E-state index contributed by atoms with van der Waals surface area (Å²) in [7, 11) is 0. The average Bonchev–Trinajstić information content (AvgIpc) is 2.34. The van der Waals surface area contributed by atoms with Crippen LogP contribution in [0.2, 0.25) is 0 Å². The molecule has 0 unspecified atom stereocenters. The fourth-order valence-electron chi connectivity index (χ4n) is 1.59. The minimum Gasteiger partial charge on any atom is -0.478 e. The van der Waals surface area contributed by atoms with Gasteiger partial charge in [0.05, 0.1) is 25.8 Å². The summed E-state index contributed by atoms with van der Waals surface area (Å²) >= 11 is 9.52. The molecule has 0 aliphatic heterocycles. The van der Waals surface area contributed by atoms with Crippen LogP contribution in [-0.2, 0) is 4.79 Å². The van der Waals surface area contributed by atoms with Crippen molar-refractivity contribution in [2.45, 2.75) is 13.8 Å². The molecule has 3 N–H and O–H groups in total. The van der Waals surface area contributed by atoms with E-state index in [4.69, 9.17) is 0 Å². The van der Waals surface area contributed by atoms with Crippen LogP contribution in [0.4, 0.5) is 5.69 Å². The zero-order chi connectivity index (χ0) is 16.3. The predicted octanol–water partition coefficient (Wildman–Crippen LogP) is 3.38. The number of carboxylic acids is 1. The number of carbonyl (C=O) groups excluding carboxylic acids is 2. The van der Waals surface area contributed by atoms with E-state index in [2.05, 4.69) is 58.4 Å². The monoisotopic (exact) mass is 484 g/mol. The highest BCUT2D eigenvalue weighted by atomic mass is 79.9. The van der Waals surface area contributed by atoms with Crippen LogP contribution in [0, 0.1) is 0 Å². The van der Waals surface area contributed by atoms with Crippen molar-refractivity contribution in [2.24, 2.45) is 0 Å². The lowest BCUT2D eigenvalue weighted by Crippen LogP contribution is -2.25. The molecule has 6 nitrogen and oxygen atoms in total. The summed E-state index contributed by atoms with van der Waals surface area (Å²) in [6, 6.07) is 0. The van der Waals surface area contributed by atoms with Crippen molar-refractivity contribution in [1.29, 1.82) is 0 Å². The number of rotatable bonds is 4. The zero-order valence-corrected chi connectivity index (χ0v) is 15.8. The maximum atomic E-state index is 12.1. The van der Waals surface area contributed by atoms with Crippen LogP contribution in [0.3, 0.4) is 0 Å². The highest BCUT2D eigenvalue weighted by molar-refractivity contribution is 9.11. The molecule has 0 fully saturated rings. The number of benzene rings is 1. The molecule has 0 bridgehead atoms. The summed E-state index contributed by atoms with van der Waals surface area (Å²) in [5, 5.41) is 14.4. The lowest BCUT2D eigenvalue weighted by molar-refractivity contribution is -0.114. The van der Waals surface area contributed by atoms with Crippen LogP contribution >= 0.6 is 47.8 Å². The largest absolute Gasteiger partial charge is 0.478 e. The van der Waals surface area contributed by atoms with Crippen LogP contribution in [0.1, 0.15) is 34.6 Å². The first-order valence-electron chi connectivity index (χ1n) is 5.71. The van der Waals surface area contributed by atoms with Crippen LogP contribution < -0.4 is 10.6 Å². The third-order valence-corrected chi connectivity index (χ3v) is 4.78. The van der Waals surface area contributed by atoms with Gasteiger partial charge in [-0.05, 0) is 54.7 Å². The Kier molecular flexibility index (Phi) is 6.36. The quantitative estimate of drug-likeness (QED) is 0.608. The number of aromatic carboxylic acids is 1. The van der Waals surface area contributed by atoms with E-state index in [0.29, 0.717) is 6.54 Å². The first kappa shape index (κ1) is 18.1. The maximum absolute atomic E-state index is 12.1. The minimum atomic E-state index is -1.24. The van der Waals surface area contributed by atoms with Gasteiger partial charge in [0.15, 0.2) is 0 Å². The second-order valence-corrected chi connectivity index (χ2v) is 6.29. The van der Waals surface area contributed by atoms with Crippen molar-refractivity contribution < 1.29 is 19.5 Å². The molecule has 0 aliphatic carbocycles. The highest BCUT2D eigenvalue weighted by Gasteiger charge is 2.27. The topological polar surface area (TPSA) is 95.5 Å². The number of carboxylic acid groups (broad SMARTS) is 1. The van der Waals surface area contributed by atoms with Gasteiger partial charge in [-0.2, -0.15) is 0 Å². The van der Waals surface area contributed by atoms with Crippen molar-refractivity contribution in [2.75, 3.05) is 11.9 Å². The van der Waals surface area contributed by atoms with Gasteiger partial charge in [-0.3, -0.25) is 9.59 Å². The van der Waals surface area contributed by atoms with Gasteiger partial charge >= 0.3 is 5.97 Å². The molecule has 0 aliphatic rings. The number of nitrogens with one attached hydrogen (secondary N) is 2. The molecule has 2 amide bonds. The minimum absolute atomic E-state index is 0.0983. The van der Waals surface area contributed by atoms with Gasteiger partial charge in [-0.25, -0.2) is 4.79 Å². The van der Waals surface area contributed by atoms with E-state index in [-0.39, 0.29) is 30.2 Å². The summed E-state index contributed by atoms with van der Waals surface area (Å²) in [5.74, 6) is -2.09. The molecule has 1 rings (SSSR count). The number of hydrogen-bond acceptors (Lipinski definition) is 3. The van der Waals surface area contributed by atoms with Crippen molar-refractivity contribution in [3.05, 3.63) is 24.5 Å². The number of halogens is 3. The van der Waals surface area contributed by atoms with Gasteiger partial charge in [0.1, 0.15) is 0 Å². The fraction of sp³-hybridized carbons (Fsp3) is 0.250. The Bertz CT molecular complexity index is 632. The average molecular weight is 487 g/mol. The molecule has 1 aromatic rings. The van der Waals surface area contributed by atoms with Crippen molar-refractivity contribution in [3.8, 4) is 0 Å². The van der Waals surface area contributed by atoms with Crippen LogP contribution in [0.25, 0.3) is 0 Å². The van der Waals surface area contributed by atoms with E-state index in [1.54, 1.807) is 6.92 Å². The van der Waals surface area contributed by atoms with Crippen LogP contribution in [0.15, 0.2) is 13.4 Å². The summed E-state index contributed by atoms with van der Waals surface area (Å²) in [6.07, 6.45) is 0. The second kappa shape index (κ2) is 7.37. The molecular formula is C12H11Br3N2O4. The summed E-state index contributed by atoms with van der Waals surface area (Å²) in [4.78, 5) is 34.8. The first-order valence-corrected chi connectivity index (χ1v) is 8.09. The Balaban J connectivity index is 3.71. The third kappa shape index (κ3) is 3.83. The third-order valence-electron chi connectivity index (χ3n) is 2.40. The van der Waals surface area contributed by atoms with Gasteiger partial charge < -0.3 is 15.7 Å². The molecule has 0 radical (unpaired) electrons. The molecule has 0 saturated heterocycles. The van der Waals surface area contributed by atoms with Crippen molar-refractivity contribution in [1.82, 2.24) is 5.32 Å². The summed E-state index contributed by atoms with van der Waals surface area (Å²) < 4.78 is 0.568. The van der Waals surface area contributed by atoms with E-state index in [1.165, 1.54) is 6.92 Å². The predicted molar refractivity (Wildman–Crippen MR) is 88.8 cm³/mol. The molecule has 1 aromatic carbocycles. The molecular weight excluding hydrogens is 476 g/mol. The van der Waals surface area contributed by atoms with Crippen LogP contribution in [-0.4, -0.2) is 29.4 Å². The molecule has 0 atom stereocenters. The normalized spacial score (nSPS) is 10.1. The van der Waals surface area contributed by atoms with Gasteiger partial charge in [-0.15, -0.1) is 0 Å². The summed E-state index contributed by atoms with van der Waals surface area (Å²) in [5.41, 5.74) is 0.133. The molecule has 0 saturated carbocycles. The molecule has 21 heavy (non-hydrogen) atoms. The van der Waals surface area contributed by atoms with E-state index >= 15 is 0 Å². The van der Waals surface area contributed by atoms with E-state index < -0.39 is 17.8 Å². The maximum Gasteiger partial charge on any atom is 0.338 e. The number of amides is 2. The van der Waals surface area contributed by atoms with Gasteiger partial charge in [0.2, 0.25) is 5.91 Å². The lowest BCUT2D eigenvalue weighted by atomic mass is 10.1. The van der Waals surface area contributed by atoms with Gasteiger partial charge in [0, 0.05) is 17.9 Å². The number of anilines is 1. The lowest BCUT2D eigenvalue weighted by Gasteiger charge is -2.17. The zero-order valence-electron chi connectivity index (χ0n) is 11.0. The highest BCUT2D eigenvalue weighted by Crippen LogP contribution is 2.42. The standard InChI is InChI=1S/C12H11Br3N2O4/c1-3-16-11(19)5-7(13)6(12(20)21)9(15)10(8(5)14)17-4(2)18/h3H2,1-2H3,(H,16,19)(H,17,18)(H,20,21). The SMILES string of the molecule is CCNC(=O)c1c(Br)c(NC(C)=O)c(Br)c(C(=O)O)c1Br. The fourth-order valence-corrected chi connectivity index (χ4v) is 4.47. The Labute approximate surface area is 146 Å². The van der Waals surface area contributed by atoms with E-state index in [9.17, 15) is 19.5 Å².